The largest absolute Gasteiger partial charge is 0.335 e. The molecular weight excluding hydrogens is 343 g/mol. The van der Waals surface area contributed by atoms with Crippen LogP contribution in [0.15, 0.2) is 53.4 Å². The van der Waals surface area contributed by atoms with Gasteiger partial charge in [0.05, 0.1) is 10.9 Å². The number of hydrogen-bond acceptors (Lipinski definition) is 3. The molecule has 134 valence electrons. The second kappa shape index (κ2) is 7.33. The minimum atomic E-state index is -3.53. The van der Waals surface area contributed by atoms with Crippen molar-refractivity contribution in [2.24, 2.45) is 0 Å². The first kappa shape index (κ1) is 19.1. The lowest BCUT2D eigenvalue weighted by Crippen LogP contribution is -2.29. The molecule has 0 N–H and O–H groups in total. The van der Waals surface area contributed by atoms with Crippen molar-refractivity contribution < 1.29 is 17.6 Å². The molecule has 25 heavy (non-hydrogen) atoms. The molecule has 0 heterocycles. The van der Waals surface area contributed by atoms with E-state index in [0.29, 0.717) is 5.56 Å². The van der Waals surface area contributed by atoms with Crippen molar-refractivity contribution in [3.63, 3.8) is 0 Å². The molecule has 7 heteroatoms. The van der Waals surface area contributed by atoms with Gasteiger partial charge in [-0.15, -0.1) is 0 Å². The van der Waals surface area contributed by atoms with Gasteiger partial charge in [0.25, 0.3) is 5.91 Å². The third-order valence-corrected chi connectivity index (χ3v) is 5.96. The molecule has 0 saturated heterocycles. The van der Waals surface area contributed by atoms with Gasteiger partial charge in [-0.25, -0.2) is 17.1 Å². The maximum Gasteiger partial charge on any atom is 0.254 e. The average Bonchev–Trinajstić information content (AvgIpc) is 2.60. The lowest BCUT2D eigenvalue weighted by molar-refractivity contribution is 0.0742. The molecule has 5 nitrogen and oxygen atoms in total. The summed E-state index contributed by atoms with van der Waals surface area (Å²) in [6, 6.07) is 11.5. The fraction of sp³-hybridized carbons (Fsp3) is 0.278. The van der Waals surface area contributed by atoms with Crippen LogP contribution in [-0.2, 0) is 10.0 Å². The number of benzene rings is 2. The molecule has 1 atom stereocenters. The quantitative estimate of drug-likeness (QED) is 0.820. The lowest BCUT2D eigenvalue weighted by Gasteiger charge is -2.25. The van der Waals surface area contributed by atoms with Crippen molar-refractivity contribution in [3.8, 4) is 0 Å². The molecule has 2 rings (SSSR count). The Kier molecular flexibility index (Phi) is 5.59. The molecular formula is C18H21FN2O3S. The number of amides is 1. The van der Waals surface area contributed by atoms with Gasteiger partial charge in [-0.3, -0.25) is 4.79 Å². The highest BCUT2D eigenvalue weighted by molar-refractivity contribution is 7.89. The molecule has 0 aromatic heterocycles. The Labute approximate surface area is 147 Å². The molecule has 0 aliphatic heterocycles. The summed E-state index contributed by atoms with van der Waals surface area (Å²) in [5.74, 6) is -0.576. The Morgan fingerprint density at radius 1 is 0.960 bits per heavy atom. The summed E-state index contributed by atoms with van der Waals surface area (Å²) < 4.78 is 38.3. The van der Waals surface area contributed by atoms with Gasteiger partial charge < -0.3 is 4.90 Å². The first-order valence-corrected chi connectivity index (χ1v) is 9.14. The van der Waals surface area contributed by atoms with Crippen molar-refractivity contribution in [2.45, 2.75) is 17.9 Å². The molecule has 0 bridgehead atoms. The second-order valence-electron chi connectivity index (χ2n) is 5.96. The minimum absolute atomic E-state index is 0.128. The number of halogens is 1. The fourth-order valence-electron chi connectivity index (χ4n) is 2.32. The van der Waals surface area contributed by atoms with E-state index in [1.807, 2.05) is 6.92 Å². The smallest absolute Gasteiger partial charge is 0.254 e. The first-order valence-electron chi connectivity index (χ1n) is 7.70. The Morgan fingerprint density at radius 2 is 1.48 bits per heavy atom. The van der Waals surface area contributed by atoms with Gasteiger partial charge in [0.1, 0.15) is 5.82 Å². The molecule has 0 radical (unpaired) electrons. The first-order chi connectivity index (χ1) is 11.6. The van der Waals surface area contributed by atoms with Crippen molar-refractivity contribution in [1.82, 2.24) is 9.21 Å². The lowest BCUT2D eigenvalue weighted by atomic mass is 10.1. The molecule has 0 aliphatic carbocycles. The van der Waals surface area contributed by atoms with E-state index in [1.165, 1.54) is 55.4 Å². The van der Waals surface area contributed by atoms with Crippen LogP contribution in [0, 0.1) is 5.82 Å². The maximum absolute atomic E-state index is 13.0. The third-order valence-electron chi connectivity index (χ3n) is 4.13. The van der Waals surface area contributed by atoms with Crippen LogP contribution in [0.3, 0.4) is 0 Å². The molecule has 2 aromatic carbocycles. The highest BCUT2D eigenvalue weighted by Crippen LogP contribution is 2.22. The normalized spacial score (nSPS) is 12.9. The highest BCUT2D eigenvalue weighted by atomic mass is 32.2. The van der Waals surface area contributed by atoms with E-state index in [0.717, 1.165) is 9.87 Å². The standard InChI is InChI=1S/C18H21FN2O3S/c1-13(14-5-9-16(19)10-6-14)21(4)18(22)15-7-11-17(12-8-15)25(23,24)20(2)3/h5-13H,1-4H3/t13-/m1/s1. The maximum atomic E-state index is 13.0. The summed E-state index contributed by atoms with van der Waals surface area (Å²) in [7, 11) is 1.03. The Hall–Kier alpha value is -2.25. The van der Waals surface area contributed by atoms with E-state index in [9.17, 15) is 17.6 Å². The number of rotatable bonds is 5. The SMILES string of the molecule is C[C@H](c1ccc(F)cc1)N(C)C(=O)c1ccc(S(=O)(=O)N(C)C)cc1. The zero-order valence-electron chi connectivity index (χ0n) is 14.6. The van der Waals surface area contributed by atoms with Crippen LogP contribution in [0.25, 0.3) is 0 Å². The van der Waals surface area contributed by atoms with Crippen molar-refractivity contribution in [1.29, 1.82) is 0 Å². The highest BCUT2D eigenvalue weighted by Gasteiger charge is 2.21. The van der Waals surface area contributed by atoms with E-state index in [1.54, 1.807) is 19.2 Å². The van der Waals surface area contributed by atoms with Crippen molar-refractivity contribution >= 4 is 15.9 Å². The van der Waals surface area contributed by atoms with Crippen LogP contribution in [0.2, 0.25) is 0 Å². The van der Waals surface area contributed by atoms with Crippen LogP contribution < -0.4 is 0 Å². The van der Waals surface area contributed by atoms with Crippen LogP contribution in [-0.4, -0.2) is 44.7 Å². The van der Waals surface area contributed by atoms with Crippen molar-refractivity contribution in [2.75, 3.05) is 21.1 Å². The Balaban J connectivity index is 2.21. The van der Waals surface area contributed by atoms with Crippen LogP contribution >= 0.6 is 0 Å². The summed E-state index contributed by atoms with van der Waals surface area (Å²) in [6.45, 7) is 1.84. The van der Waals surface area contributed by atoms with Gasteiger partial charge in [0, 0.05) is 26.7 Å². The number of carbonyl (C=O) groups is 1. The van der Waals surface area contributed by atoms with Crippen LogP contribution in [0.1, 0.15) is 28.9 Å². The van der Waals surface area contributed by atoms with Gasteiger partial charge in [0.2, 0.25) is 10.0 Å². The molecule has 1 amide bonds. The van der Waals surface area contributed by atoms with E-state index in [-0.39, 0.29) is 22.7 Å². The predicted octanol–water partition coefficient (Wildman–Crippen LogP) is 2.91. The summed E-state index contributed by atoms with van der Waals surface area (Å²) in [4.78, 5) is 14.3. The summed E-state index contributed by atoms with van der Waals surface area (Å²) in [6.07, 6.45) is 0. The number of carbonyl (C=O) groups excluding carboxylic acids is 1. The monoisotopic (exact) mass is 364 g/mol. The third kappa shape index (κ3) is 4.05. The molecule has 0 unspecified atom stereocenters. The minimum Gasteiger partial charge on any atom is -0.335 e. The Morgan fingerprint density at radius 3 is 1.96 bits per heavy atom. The Bertz CT molecular complexity index is 847. The van der Waals surface area contributed by atoms with E-state index in [2.05, 4.69) is 0 Å². The van der Waals surface area contributed by atoms with Crippen LogP contribution in [0.4, 0.5) is 4.39 Å². The molecule has 0 fully saturated rings. The van der Waals surface area contributed by atoms with E-state index in [4.69, 9.17) is 0 Å². The zero-order chi connectivity index (χ0) is 18.8. The summed E-state index contributed by atoms with van der Waals surface area (Å²) in [5, 5.41) is 0. The zero-order valence-corrected chi connectivity index (χ0v) is 15.4. The van der Waals surface area contributed by atoms with Gasteiger partial charge in [-0.2, -0.15) is 0 Å². The summed E-state index contributed by atoms with van der Waals surface area (Å²) in [5.41, 5.74) is 1.19. The number of nitrogens with zero attached hydrogens (tertiary/aromatic N) is 2. The average molecular weight is 364 g/mol. The van der Waals surface area contributed by atoms with E-state index >= 15 is 0 Å². The van der Waals surface area contributed by atoms with Gasteiger partial charge in [0.15, 0.2) is 0 Å². The van der Waals surface area contributed by atoms with E-state index < -0.39 is 10.0 Å². The molecule has 0 spiro atoms. The van der Waals surface area contributed by atoms with Gasteiger partial charge in [-0.05, 0) is 48.9 Å². The predicted molar refractivity (Wildman–Crippen MR) is 94.2 cm³/mol. The summed E-state index contributed by atoms with van der Waals surface area (Å²) >= 11 is 0. The second-order valence-corrected chi connectivity index (χ2v) is 8.11. The van der Waals surface area contributed by atoms with Gasteiger partial charge in [-0.1, -0.05) is 12.1 Å². The molecule has 2 aromatic rings. The fourth-order valence-corrected chi connectivity index (χ4v) is 3.23. The number of sulfonamides is 1. The van der Waals surface area contributed by atoms with Crippen LogP contribution in [0.5, 0.6) is 0 Å². The molecule has 0 aliphatic rings. The van der Waals surface area contributed by atoms with Crippen molar-refractivity contribution in [3.05, 3.63) is 65.5 Å². The molecule has 0 saturated carbocycles. The topological polar surface area (TPSA) is 57.7 Å². The number of hydrogen-bond donors (Lipinski definition) is 0. The van der Waals surface area contributed by atoms with Gasteiger partial charge >= 0.3 is 0 Å².